The van der Waals surface area contributed by atoms with Gasteiger partial charge in [-0.1, -0.05) is 38.5 Å². The predicted octanol–water partition coefficient (Wildman–Crippen LogP) is 4.87. The number of methoxy groups -OCH3 is 1. The topological polar surface area (TPSA) is 66.8 Å². The van der Waals surface area contributed by atoms with Crippen molar-refractivity contribution in [3.63, 3.8) is 0 Å². The van der Waals surface area contributed by atoms with Gasteiger partial charge in [-0.3, -0.25) is 0 Å². The molecule has 2 N–H and O–H groups in total. The van der Waals surface area contributed by atoms with Crippen LogP contribution in [0, 0.1) is 0 Å². The first-order chi connectivity index (χ1) is 12.0. The Kier molecular flexibility index (Phi) is 9.15. The van der Waals surface area contributed by atoms with Gasteiger partial charge in [-0.25, -0.2) is 4.79 Å². The monoisotopic (exact) mass is 344 g/mol. The van der Waals surface area contributed by atoms with Crippen LogP contribution in [0.25, 0.3) is 0 Å². The Morgan fingerprint density at radius 2 is 1.60 bits per heavy atom. The zero-order valence-electron chi connectivity index (χ0n) is 15.3. The predicted molar refractivity (Wildman–Crippen MR) is 100 cm³/mol. The maximum Gasteiger partial charge on any atom is 0.338 e. The molecule has 4 nitrogen and oxygen atoms in total. The second kappa shape index (κ2) is 11.1. The van der Waals surface area contributed by atoms with E-state index >= 15 is 0 Å². The number of fused-ring (bicyclic) bond motifs is 1. The lowest BCUT2D eigenvalue weighted by atomic mass is 9.88. The number of rotatable bonds is 1. The van der Waals surface area contributed by atoms with E-state index in [0.29, 0.717) is 11.3 Å². The van der Waals surface area contributed by atoms with Gasteiger partial charge in [-0.05, 0) is 61.1 Å². The van der Waals surface area contributed by atoms with Crippen molar-refractivity contribution in [2.24, 2.45) is 0 Å². The molecule has 0 amide bonds. The summed E-state index contributed by atoms with van der Waals surface area (Å²) in [6.07, 6.45) is 5.31. The minimum Gasteiger partial charge on any atom is -0.508 e. The fourth-order valence-corrected chi connectivity index (χ4v) is 2.57. The molecule has 2 aromatic rings. The molecule has 0 atom stereocenters. The van der Waals surface area contributed by atoms with Gasteiger partial charge in [0, 0.05) is 0 Å². The summed E-state index contributed by atoms with van der Waals surface area (Å²) >= 11 is 0. The number of carbonyl (C=O) groups is 1. The number of phenolic OH excluding ortho intramolecular Hbond substituents is 2. The lowest BCUT2D eigenvalue weighted by Crippen LogP contribution is -2.11. The van der Waals surface area contributed by atoms with Crippen molar-refractivity contribution in [1.29, 1.82) is 0 Å². The van der Waals surface area contributed by atoms with E-state index in [0.717, 1.165) is 36.8 Å². The molecule has 25 heavy (non-hydrogen) atoms. The van der Waals surface area contributed by atoms with E-state index in [4.69, 9.17) is 9.84 Å². The lowest BCUT2D eigenvalue weighted by Gasteiger charge is -2.18. The number of carbonyl (C=O) groups excluding carboxylic acids is 1. The number of ether oxygens (including phenoxy) is 1. The number of aryl methyl sites for hydroxylation is 1. The summed E-state index contributed by atoms with van der Waals surface area (Å²) in [5, 5.41) is 18.1. The number of phenols is 2. The summed E-state index contributed by atoms with van der Waals surface area (Å²) < 4.78 is 4.71. The van der Waals surface area contributed by atoms with Crippen LogP contribution < -0.4 is 0 Å². The van der Waals surface area contributed by atoms with Crippen LogP contribution in [-0.2, 0) is 17.6 Å². The Hall–Kier alpha value is -2.49. The van der Waals surface area contributed by atoms with E-state index < -0.39 is 0 Å². The molecule has 0 fully saturated rings. The van der Waals surface area contributed by atoms with E-state index in [2.05, 4.69) is 13.8 Å². The average Bonchev–Trinajstić information content (AvgIpc) is 2.62. The highest BCUT2D eigenvalue weighted by molar-refractivity contribution is 5.92. The molecule has 3 rings (SSSR count). The standard InChI is InChI=1S/C12H14O3.C6H6O.C3H8/c1-15-12(14)11-7-9(13)6-8-4-2-3-5-10(8)11;7-6-4-2-1-3-5-6;1-3-2/h6-7,13H,2-5H2,1H3;1-5,7H;3H2,1-2H3. The molecule has 0 aromatic heterocycles. The normalized spacial score (nSPS) is 11.8. The quantitative estimate of drug-likeness (QED) is 0.725. The Morgan fingerprint density at radius 1 is 1.00 bits per heavy atom. The number of hydrogen-bond acceptors (Lipinski definition) is 4. The largest absolute Gasteiger partial charge is 0.508 e. The van der Waals surface area contributed by atoms with E-state index in [1.165, 1.54) is 19.6 Å². The molecule has 1 aliphatic rings. The van der Waals surface area contributed by atoms with Crippen molar-refractivity contribution in [1.82, 2.24) is 0 Å². The molecule has 1 aliphatic carbocycles. The van der Waals surface area contributed by atoms with Crippen LogP contribution >= 0.6 is 0 Å². The first-order valence-electron chi connectivity index (χ1n) is 8.70. The van der Waals surface area contributed by atoms with Crippen LogP contribution in [-0.4, -0.2) is 23.3 Å². The second-order valence-corrected chi connectivity index (χ2v) is 5.87. The van der Waals surface area contributed by atoms with E-state index in [1.807, 2.05) is 6.07 Å². The Balaban J connectivity index is 0.000000260. The van der Waals surface area contributed by atoms with E-state index in [9.17, 15) is 9.90 Å². The van der Waals surface area contributed by atoms with Gasteiger partial charge in [0.1, 0.15) is 11.5 Å². The molecule has 0 saturated heterocycles. The van der Waals surface area contributed by atoms with Gasteiger partial charge >= 0.3 is 5.97 Å². The summed E-state index contributed by atoms with van der Waals surface area (Å²) in [5.74, 6) is 0.114. The highest BCUT2D eigenvalue weighted by Crippen LogP contribution is 2.29. The fourth-order valence-electron chi connectivity index (χ4n) is 2.57. The fraction of sp³-hybridized carbons (Fsp3) is 0.381. The van der Waals surface area contributed by atoms with Crippen LogP contribution in [0.15, 0.2) is 42.5 Å². The molecule has 136 valence electrons. The zero-order valence-corrected chi connectivity index (χ0v) is 15.3. The van der Waals surface area contributed by atoms with E-state index in [1.54, 1.807) is 30.3 Å². The molecule has 0 bridgehead atoms. The molecule has 0 heterocycles. The summed E-state index contributed by atoms with van der Waals surface area (Å²) in [5.41, 5.74) is 2.65. The highest BCUT2D eigenvalue weighted by Gasteiger charge is 2.19. The Labute approximate surface area is 150 Å². The van der Waals surface area contributed by atoms with Gasteiger partial charge in [-0.15, -0.1) is 0 Å². The molecular weight excluding hydrogens is 316 g/mol. The van der Waals surface area contributed by atoms with Gasteiger partial charge in [0.25, 0.3) is 0 Å². The Morgan fingerprint density at radius 3 is 2.12 bits per heavy atom. The van der Waals surface area contributed by atoms with Gasteiger partial charge in [0.2, 0.25) is 0 Å². The third-order valence-electron chi connectivity index (χ3n) is 3.61. The average molecular weight is 344 g/mol. The van der Waals surface area contributed by atoms with Crippen LogP contribution in [0.5, 0.6) is 11.5 Å². The van der Waals surface area contributed by atoms with Crippen LogP contribution in [0.1, 0.15) is 54.6 Å². The van der Waals surface area contributed by atoms with Crippen molar-refractivity contribution in [3.8, 4) is 11.5 Å². The van der Waals surface area contributed by atoms with Gasteiger partial charge in [0.05, 0.1) is 12.7 Å². The van der Waals surface area contributed by atoms with Gasteiger partial charge in [-0.2, -0.15) is 0 Å². The number of aromatic hydroxyl groups is 2. The smallest absolute Gasteiger partial charge is 0.338 e. The lowest BCUT2D eigenvalue weighted by molar-refractivity contribution is 0.0598. The van der Waals surface area contributed by atoms with Crippen molar-refractivity contribution in [3.05, 3.63) is 59.2 Å². The van der Waals surface area contributed by atoms with Gasteiger partial charge in [0.15, 0.2) is 0 Å². The first-order valence-corrected chi connectivity index (χ1v) is 8.70. The van der Waals surface area contributed by atoms with Gasteiger partial charge < -0.3 is 14.9 Å². The molecule has 0 unspecified atom stereocenters. The minimum absolute atomic E-state index is 0.149. The van der Waals surface area contributed by atoms with E-state index in [-0.39, 0.29) is 11.7 Å². The number of esters is 1. The van der Waals surface area contributed by atoms with Crippen LogP contribution in [0.2, 0.25) is 0 Å². The number of benzene rings is 2. The molecule has 2 aromatic carbocycles. The van der Waals surface area contributed by atoms with Crippen LogP contribution in [0.3, 0.4) is 0 Å². The zero-order chi connectivity index (χ0) is 18.7. The van der Waals surface area contributed by atoms with Crippen molar-refractivity contribution >= 4 is 5.97 Å². The van der Waals surface area contributed by atoms with Crippen LogP contribution in [0.4, 0.5) is 0 Å². The molecule has 0 aliphatic heterocycles. The highest BCUT2D eigenvalue weighted by atomic mass is 16.5. The molecular formula is C21H28O4. The second-order valence-electron chi connectivity index (χ2n) is 5.87. The molecule has 0 radical (unpaired) electrons. The summed E-state index contributed by atoms with van der Waals surface area (Å²) in [6.45, 7) is 4.25. The third kappa shape index (κ3) is 6.87. The molecule has 0 saturated carbocycles. The summed E-state index contributed by atoms with van der Waals surface area (Å²) in [6, 6.07) is 12.0. The number of para-hydroxylation sites is 1. The maximum atomic E-state index is 11.5. The molecule has 4 heteroatoms. The number of hydrogen-bond donors (Lipinski definition) is 2. The summed E-state index contributed by atoms with van der Waals surface area (Å²) in [7, 11) is 1.36. The minimum atomic E-state index is -0.357. The Bertz CT molecular complexity index is 650. The molecule has 0 spiro atoms. The van der Waals surface area contributed by atoms with Crippen molar-refractivity contribution in [2.75, 3.05) is 7.11 Å². The van der Waals surface area contributed by atoms with Crippen molar-refractivity contribution < 1.29 is 19.7 Å². The summed E-state index contributed by atoms with van der Waals surface area (Å²) in [4.78, 5) is 11.5. The van der Waals surface area contributed by atoms with Crippen molar-refractivity contribution in [2.45, 2.75) is 46.0 Å². The first kappa shape index (κ1) is 20.6. The third-order valence-corrected chi connectivity index (χ3v) is 3.61. The maximum absolute atomic E-state index is 11.5. The SMILES string of the molecule is CCC.COC(=O)c1cc(O)cc2c1CCCC2.Oc1ccccc1.